The molecule has 0 unspecified atom stereocenters. The number of allylic oxidation sites excluding steroid dienone is 1. The zero-order valence-corrected chi connectivity index (χ0v) is 31.5. The third kappa shape index (κ3) is 5.37. The molecule has 0 amide bonds. The molecule has 5 saturated carbocycles. The molecule has 0 heterocycles. The Balaban J connectivity index is 1.27. The number of rotatable bonds is 10. The number of carboxylic acid groups (broad SMARTS) is 1. The van der Waals surface area contributed by atoms with E-state index in [0.717, 1.165) is 69.4 Å². The predicted molar refractivity (Wildman–Crippen MR) is 187 cm³/mol. The third-order valence-corrected chi connectivity index (χ3v) is 16.0. The Kier molecular flexibility index (Phi) is 8.96. The molecule has 0 bridgehead atoms. The fraction of sp³-hybridized carbons (Fsp3) is 0.878. The summed E-state index contributed by atoms with van der Waals surface area (Å²) in [6.07, 6.45) is 10.2. The Bertz CT molecular complexity index is 1360. The summed E-state index contributed by atoms with van der Waals surface area (Å²) in [5.41, 5.74) is 0.766. The first kappa shape index (κ1) is 36.1. The minimum atomic E-state index is -1.15. The molecule has 0 aromatic heterocycles. The lowest BCUT2D eigenvalue weighted by molar-refractivity contribution is -0.235. The van der Waals surface area contributed by atoms with Crippen molar-refractivity contribution in [2.75, 3.05) is 13.1 Å². The number of ether oxygens (including phenoxy) is 1. The maximum Gasteiger partial charge on any atom is 0.309 e. The second-order valence-corrected chi connectivity index (χ2v) is 19.7. The van der Waals surface area contributed by atoms with Crippen LogP contribution >= 0.6 is 0 Å². The molecule has 6 rings (SSSR count). The summed E-state index contributed by atoms with van der Waals surface area (Å²) in [5.74, 6) is 0.998. The van der Waals surface area contributed by atoms with Crippen LogP contribution in [-0.4, -0.2) is 53.2 Å². The predicted octanol–water partition coefficient (Wildman–Crippen LogP) is 7.74. The fourth-order valence-electron chi connectivity index (χ4n) is 12.9. The number of carboxylic acids is 1. The standard InChI is InChI=1S/C41H65NO6/c1-24(2)33-27(43)20-41(30(44)23-42-22-25-10-11-25)19-18-39(8)26(34(33)41)12-13-29-38(7)16-15-31(48-32(45)21-36(3,4)35(46)47)37(5,6)28(38)14-17-40(29,39)9/h24-26,28-31,42,44H,10-23H2,1-9H3,(H,46,47)/t26-,28+,29-,30-,31+,38+,39-,40-,41+/m1/s1. The molecule has 7 heteroatoms. The topological polar surface area (TPSA) is 113 Å². The number of aliphatic hydroxyl groups excluding tert-OH is 1. The van der Waals surface area contributed by atoms with Crippen LogP contribution in [0.1, 0.15) is 139 Å². The van der Waals surface area contributed by atoms with Crippen LogP contribution in [-0.2, 0) is 19.1 Å². The quantitative estimate of drug-likeness (QED) is 0.204. The largest absolute Gasteiger partial charge is 0.481 e. The Labute approximate surface area is 289 Å². The van der Waals surface area contributed by atoms with Crippen molar-refractivity contribution in [1.29, 1.82) is 0 Å². The smallest absolute Gasteiger partial charge is 0.309 e. The lowest BCUT2D eigenvalue weighted by Gasteiger charge is -2.72. The molecule has 0 aliphatic heterocycles. The highest BCUT2D eigenvalue weighted by molar-refractivity contribution is 6.00. The zero-order chi connectivity index (χ0) is 35.2. The minimum absolute atomic E-state index is 0.0323. The minimum Gasteiger partial charge on any atom is -0.481 e. The fourth-order valence-corrected chi connectivity index (χ4v) is 12.9. The van der Waals surface area contributed by atoms with Gasteiger partial charge in [-0.1, -0.05) is 54.0 Å². The highest BCUT2D eigenvalue weighted by Crippen LogP contribution is 2.77. The Hall–Kier alpha value is -1.73. The second-order valence-electron chi connectivity index (χ2n) is 19.7. The molecule has 5 fully saturated rings. The van der Waals surface area contributed by atoms with Gasteiger partial charge >= 0.3 is 11.9 Å². The third-order valence-electron chi connectivity index (χ3n) is 16.0. The second kappa shape index (κ2) is 11.9. The zero-order valence-electron chi connectivity index (χ0n) is 31.5. The molecule has 0 aromatic rings. The molecule has 48 heavy (non-hydrogen) atoms. The van der Waals surface area contributed by atoms with Gasteiger partial charge in [0.1, 0.15) is 6.10 Å². The molecule has 6 aliphatic rings. The summed E-state index contributed by atoms with van der Waals surface area (Å²) < 4.78 is 6.15. The molecular formula is C41H65NO6. The Morgan fingerprint density at radius 1 is 0.917 bits per heavy atom. The van der Waals surface area contributed by atoms with Crippen LogP contribution in [0, 0.1) is 62.1 Å². The summed E-state index contributed by atoms with van der Waals surface area (Å²) in [6.45, 7) is 21.3. The average Bonchev–Trinajstić information content (AvgIpc) is 3.74. The molecule has 7 nitrogen and oxygen atoms in total. The van der Waals surface area contributed by atoms with Gasteiger partial charge in [-0.2, -0.15) is 0 Å². The number of aliphatic carboxylic acids is 1. The van der Waals surface area contributed by atoms with Gasteiger partial charge in [0.05, 0.1) is 17.9 Å². The van der Waals surface area contributed by atoms with Crippen molar-refractivity contribution in [3.05, 3.63) is 11.1 Å². The van der Waals surface area contributed by atoms with Gasteiger partial charge < -0.3 is 20.3 Å². The van der Waals surface area contributed by atoms with Crippen molar-refractivity contribution in [3.8, 4) is 0 Å². The monoisotopic (exact) mass is 667 g/mol. The maximum atomic E-state index is 13.9. The van der Waals surface area contributed by atoms with Crippen LogP contribution in [0.3, 0.4) is 0 Å². The number of nitrogens with one attached hydrogen (secondary N) is 1. The first-order chi connectivity index (χ1) is 22.2. The van der Waals surface area contributed by atoms with Gasteiger partial charge in [0.2, 0.25) is 0 Å². The molecular weight excluding hydrogens is 602 g/mol. The van der Waals surface area contributed by atoms with E-state index in [1.165, 1.54) is 18.4 Å². The number of esters is 1. The lowest BCUT2D eigenvalue weighted by Crippen LogP contribution is -2.66. The van der Waals surface area contributed by atoms with E-state index in [4.69, 9.17) is 4.74 Å². The molecule has 6 aliphatic carbocycles. The molecule has 0 aromatic carbocycles. The van der Waals surface area contributed by atoms with Crippen molar-refractivity contribution in [2.24, 2.45) is 62.1 Å². The van der Waals surface area contributed by atoms with Gasteiger partial charge in [-0.15, -0.1) is 0 Å². The normalized spacial score (nSPS) is 41.3. The lowest BCUT2D eigenvalue weighted by atomic mass is 9.33. The van der Waals surface area contributed by atoms with Crippen molar-refractivity contribution >= 4 is 17.7 Å². The number of carbonyl (C=O) groups is 3. The number of carbonyl (C=O) groups excluding carboxylic acids is 2. The highest BCUT2D eigenvalue weighted by Gasteiger charge is 2.70. The Morgan fingerprint density at radius 3 is 2.23 bits per heavy atom. The van der Waals surface area contributed by atoms with E-state index >= 15 is 0 Å². The molecule has 3 N–H and O–H groups in total. The molecule has 0 saturated heterocycles. The number of hydrogen-bond acceptors (Lipinski definition) is 6. The molecule has 0 radical (unpaired) electrons. The first-order valence-electron chi connectivity index (χ1n) is 19.3. The summed E-state index contributed by atoms with van der Waals surface area (Å²) >= 11 is 0. The van der Waals surface area contributed by atoms with Gasteiger partial charge in [0.15, 0.2) is 5.78 Å². The van der Waals surface area contributed by atoms with Gasteiger partial charge in [-0.25, -0.2) is 0 Å². The van der Waals surface area contributed by atoms with Crippen molar-refractivity contribution in [3.63, 3.8) is 0 Å². The van der Waals surface area contributed by atoms with E-state index < -0.39 is 28.9 Å². The van der Waals surface area contributed by atoms with Crippen LogP contribution in [0.4, 0.5) is 0 Å². The van der Waals surface area contributed by atoms with Crippen LogP contribution < -0.4 is 5.32 Å². The van der Waals surface area contributed by atoms with Gasteiger partial charge in [0.25, 0.3) is 0 Å². The van der Waals surface area contributed by atoms with E-state index in [1.807, 2.05) is 0 Å². The molecule has 270 valence electrons. The number of fused-ring (bicyclic) bond motifs is 7. The molecule has 9 atom stereocenters. The number of ketones is 1. The van der Waals surface area contributed by atoms with Crippen LogP contribution in [0.25, 0.3) is 0 Å². The van der Waals surface area contributed by atoms with E-state index in [-0.39, 0.29) is 45.9 Å². The summed E-state index contributed by atoms with van der Waals surface area (Å²) in [4.78, 5) is 38.7. The van der Waals surface area contributed by atoms with Crippen molar-refractivity contribution in [1.82, 2.24) is 5.32 Å². The van der Waals surface area contributed by atoms with E-state index in [0.29, 0.717) is 30.7 Å². The van der Waals surface area contributed by atoms with Crippen molar-refractivity contribution < 1.29 is 29.3 Å². The van der Waals surface area contributed by atoms with Gasteiger partial charge in [-0.05, 0) is 136 Å². The van der Waals surface area contributed by atoms with E-state index in [9.17, 15) is 24.6 Å². The van der Waals surface area contributed by atoms with Crippen LogP contribution in [0.2, 0.25) is 0 Å². The van der Waals surface area contributed by atoms with Gasteiger partial charge in [-0.3, -0.25) is 14.4 Å². The van der Waals surface area contributed by atoms with E-state index in [1.54, 1.807) is 13.8 Å². The highest BCUT2D eigenvalue weighted by atomic mass is 16.5. The molecule has 0 spiro atoms. The van der Waals surface area contributed by atoms with E-state index in [2.05, 4.69) is 53.8 Å². The Morgan fingerprint density at radius 2 is 1.60 bits per heavy atom. The summed E-state index contributed by atoms with van der Waals surface area (Å²) in [6, 6.07) is 0. The average molecular weight is 668 g/mol. The number of hydrogen-bond donors (Lipinski definition) is 3. The number of Topliss-reactive ketones (excluding diaryl/α,β-unsaturated/α-hetero) is 1. The summed E-state index contributed by atoms with van der Waals surface area (Å²) in [5, 5.41) is 25.1. The van der Waals surface area contributed by atoms with Crippen LogP contribution in [0.5, 0.6) is 0 Å². The van der Waals surface area contributed by atoms with Crippen LogP contribution in [0.15, 0.2) is 11.1 Å². The first-order valence-corrected chi connectivity index (χ1v) is 19.3. The summed E-state index contributed by atoms with van der Waals surface area (Å²) in [7, 11) is 0. The van der Waals surface area contributed by atoms with Gasteiger partial charge in [0, 0.05) is 23.8 Å². The van der Waals surface area contributed by atoms with Crippen molar-refractivity contribution in [2.45, 2.75) is 152 Å². The maximum absolute atomic E-state index is 13.9. The number of aliphatic hydroxyl groups is 1. The SMILES string of the molecule is CC(C)C1=C2[C@H]3CC[C@@H]4[C@@]5(C)CC[C@H](OC(=O)CC(C)(C)C(=O)O)C(C)(C)[C@@H]5CC[C@@]4(C)[C@]3(C)CC[C@@]2([C@H](O)CNCC2CC2)CC1=O.